The van der Waals surface area contributed by atoms with Crippen LogP contribution in [0.2, 0.25) is 0 Å². The fourth-order valence-electron chi connectivity index (χ4n) is 2.55. The van der Waals surface area contributed by atoms with Gasteiger partial charge in [0.15, 0.2) is 0 Å². The van der Waals surface area contributed by atoms with E-state index in [4.69, 9.17) is 5.73 Å². The van der Waals surface area contributed by atoms with Crippen LogP contribution in [0.4, 0.5) is 8.78 Å². The Morgan fingerprint density at radius 1 is 1.42 bits per heavy atom. The number of nitrogens with two attached hydrogens (primary N) is 1. The molecule has 2 N–H and O–H groups in total. The minimum absolute atomic E-state index is 0.0474. The van der Waals surface area contributed by atoms with E-state index in [1.54, 1.807) is 7.05 Å². The summed E-state index contributed by atoms with van der Waals surface area (Å²) in [4.78, 5) is 13.6. The van der Waals surface area contributed by atoms with E-state index < -0.39 is 17.5 Å². The van der Waals surface area contributed by atoms with Crippen LogP contribution in [0.3, 0.4) is 0 Å². The molecule has 3 nitrogen and oxygen atoms in total. The molecule has 0 radical (unpaired) electrons. The highest BCUT2D eigenvalue weighted by molar-refractivity contribution is 5.94. The van der Waals surface area contributed by atoms with Gasteiger partial charge < -0.3 is 10.6 Å². The van der Waals surface area contributed by atoms with Crippen molar-refractivity contribution in [2.75, 3.05) is 20.1 Å². The number of carbonyl (C=O) groups excluding carboxylic acids is 1. The summed E-state index contributed by atoms with van der Waals surface area (Å²) in [6, 6.07) is 2.90. The lowest BCUT2D eigenvalue weighted by atomic mass is 9.68. The largest absolute Gasteiger partial charge is 0.341 e. The Morgan fingerprint density at radius 2 is 2.11 bits per heavy atom. The van der Waals surface area contributed by atoms with Gasteiger partial charge in [0, 0.05) is 19.0 Å². The molecule has 1 aliphatic rings. The van der Waals surface area contributed by atoms with Crippen molar-refractivity contribution in [3.05, 3.63) is 35.4 Å². The van der Waals surface area contributed by atoms with Crippen LogP contribution in [0.5, 0.6) is 0 Å². The minimum atomic E-state index is -0.700. The molecule has 0 bridgehead atoms. The van der Waals surface area contributed by atoms with E-state index >= 15 is 0 Å². The number of nitrogens with zero attached hydrogens (tertiary/aromatic N) is 1. The number of rotatable bonds is 4. The van der Waals surface area contributed by atoms with E-state index in [1.807, 2.05) is 0 Å². The fourth-order valence-corrected chi connectivity index (χ4v) is 2.55. The van der Waals surface area contributed by atoms with Crippen molar-refractivity contribution in [1.82, 2.24) is 4.90 Å². The second-order valence-corrected chi connectivity index (χ2v) is 5.34. The monoisotopic (exact) mass is 268 g/mol. The molecule has 1 aliphatic carbocycles. The van der Waals surface area contributed by atoms with Crippen LogP contribution in [0.1, 0.15) is 29.6 Å². The fraction of sp³-hybridized carbons (Fsp3) is 0.500. The van der Waals surface area contributed by atoms with E-state index in [0.29, 0.717) is 13.1 Å². The maximum Gasteiger partial charge on any atom is 0.256 e. The van der Waals surface area contributed by atoms with Crippen LogP contribution in [0.25, 0.3) is 0 Å². The van der Waals surface area contributed by atoms with Gasteiger partial charge in [-0.2, -0.15) is 0 Å². The number of carbonyl (C=O) groups is 1. The molecular formula is C14H18F2N2O. The van der Waals surface area contributed by atoms with Gasteiger partial charge in [0.2, 0.25) is 0 Å². The van der Waals surface area contributed by atoms with Crippen LogP contribution in [0.15, 0.2) is 18.2 Å². The van der Waals surface area contributed by atoms with Crippen LogP contribution in [-0.2, 0) is 0 Å². The second-order valence-electron chi connectivity index (χ2n) is 5.34. The van der Waals surface area contributed by atoms with Gasteiger partial charge in [-0.05, 0) is 37.6 Å². The molecule has 2 rings (SSSR count). The van der Waals surface area contributed by atoms with Crippen molar-refractivity contribution in [1.29, 1.82) is 0 Å². The molecule has 1 aromatic rings. The smallest absolute Gasteiger partial charge is 0.256 e. The van der Waals surface area contributed by atoms with Gasteiger partial charge in [0.1, 0.15) is 11.6 Å². The summed E-state index contributed by atoms with van der Waals surface area (Å²) in [6.45, 7) is 0.995. The summed E-state index contributed by atoms with van der Waals surface area (Å²) in [5.41, 5.74) is 5.46. The molecule has 1 fully saturated rings. The Morgan fingerprint density at radius 3 is 2.63 bits per heavy atom. The van der Waals surface area contributed by atoms with Crippen LogP contribution >= 0.6 is 0 Å². The molecule has 1 saturated carbocycles. The lowest BCUT2D eigenvalue weighted by Crippen LogP contribution is -2.47. The third kappa shape index (κ3) is 2.76. The van der Waals surface area contributed by atoms with Gasteiger partial charge in [-0.1, -0.05) is 6.42 Å². The Balaban J connectivity index is 2.12. The molecule has 0 atom stereocenters. The molecule has 1 amide bonds. The molecular weight excluding hydrogens is 250 g/mol. The summed E-state index contributed by atoms with van der Waals surface area (Å²) >= 11 is 0. The number of halogens is 2. The minimum Gasteiger partial charge on any atom is -0.341 e. The lowest BCUT2D eigenvalue weighted by molar-refractivity contribution is 0.0564. The van der Waals surface area contributed by atoms with E-state index in [1.165, 1.54) is 4.90 Å². The zero-order chi connectivity index (χ0) is 14.0. The molecule has 0 heterocycles. The average molecular weight is 268 g/mol. The van der Waals surface area contributed by atoms with Crippen molar-refractivity contribution in [2.45, 2.75) is 19.3 Å². The first-order chi connectivity index (χ1) is 8.97. The summed E-state index contributed by atoms with van der Waals surface area (Å²) < 4.78 is 26.6. The number of hydrogen-bond acceptors (Lipinski definition) is 2. The van der Waals surface area contributed by atoms with Gasteiger partial charge in [-0.15, -0.1) is 0 Å². The van der Waals surface area contributed by atoms with Crippen LogP contribution in [0, 0.1) is 17.0 Å². The molecule has 5 heteroatoms. The van der Waals surface area contributed by atoms with Crippen molar-refractivity contribution < 1.29 is 13.6 Å². The van der Waals surface area contributed by atoms with Gasteiger partial charge in [-0.25, -0.2) is 8.78 Å². The first-order valence-corrected chi connectivity index (χ1v) is 6.38. The van der Waals surface area contributed by atoms with Gasteiger partial charge >= 0.3 is 0 Å². The molecule has 0 aliphatic heterocycles. The van der Waals surface area contributed by atoms with E-state index in [0.717, 1.165) is 37.5 Å². The highest BCUT2D eigenvalue weighted by atomic mass is 19.1. The molecule has 0 aromatic heterocycles. The molecule has 19 heavy (non-hydrogen) atoms. The van der Waals surface area contributed by atoms with Crippen molar-refractivity contribution in [3.63, 3.8) is 0 Å². The number of hydrogen-bond donors (Lipinski definition) is 1. The number of amides is 1. The normalized spacial score (nSPS) is 16.8. The van der Waals surface area contributed by atoms with Crippen LogP contribution in [-0.4, -0.2) is 30.9 Å². The highest BCUT2D eigenvalue weighted by Crippen LogP contribution is 2.40. The molecule has 0 saturated heterocycles. The Labute approximate surface area is 111 Å². The van der Waals surface area contributed by atoms with Crippen molar-refractivity contribution >= 4 is 5.91 Å². The van der Waals surface area contributed by atoms with E-state index in [9.17, 15) is 13.6 Å². The van der Waals surface area contributed by atoms with Gasteiger partial charge in [-0.3, -0.25) is 4.79 Å². The summed E-state index contributed by atoms with van der Waals surface area (Å²) in [5, 5.41) is 0. The quantitative estimate of drug-likeness (QED) is 0.909. The zero-order valence-corrected chi connectivity index (χ0v) is 11.0. The molecule has 104 valence electrons. The topological polar surface area (TPSA) is 46.3 Å². The van der Waals surface area contributed by atoms with Crippen LogP contribution < -0.4 is 5.73 Å². The van der Waals surface area contributed by atoms with Crippen molar-refractivity contribution in [3.8, 4) is 0 Å². The zero-order valence-electron chi connectivity index (χ0n) is 11.0. The average Bonchev–Trinajstić information content (AvgIpc) is 2.35. The van der Waals surface area contributed by atoms with Gasteiger partial charge in [0.05, 0.1) is 5.56 Å². The first-order valence-electron chi connectivity index (χ1n) is 6.38. The molecule has 0 spiro atoms. The van der Waals surface area contributed by atoms with Gasteiger partial charge in [0.25, 0.3) is 5.91 Å². The Kier molecular flexibility index (Phi) is 3.85. The third-order valence-electron chi connectivity index (χ3n) is 3.93. The SMILES string of the molecule is CN(CC1(CN)CCC1)C(=O)c1cc(F)ccc1F. The molecule has 0 unspecified atom stereocenters. The number of benzene rings is 1. The third-order valence-corrected chi connectivity index (χ3v) is 3.93. The maximum atomic E-state index is 13.6. The first kappa shape index (κ1) is 13.9. The van der Waals surface area contributed by atoms with E-state index in [-0.39, 0.29) is 11.0 Å². The summed E-state index contributed by atoms with van der Waals surface area (Å²) in [5.74, 6) is -1.82. The maximum absolute atomic E-state index is 13.6. The predicted molar refractivity (Wildman–Crippen MR) is 68.7 cm³/mol. The van der Waals surface area contributed by atoms with Crippen molar-refractivity contribution in [2.24, 2.45) is 11.1 Å². The molecule has 1 aromatic carbocycles. The summed E-state index contributed by atoms with van der Waals surface area (Å²) in [7, 11) is 1.60. The lowest BCUT2D eigenvalue weighted by Gasteiger charge is -2.43. The summed E-state index contributed by atoms with van der Waals surface area (Å²) in [6.07, 6.45) is 3.06. The highest BCUT2D eigenvalue weighted by Gasteiger charge is 2.37. The van der Waals surface area contributed by atoms with E-state index in [2.05, 4.69) is 0 Å². The Bertz CT molecular complexity index is 481. The predicted octanol–water partition coefficient (Wildman–Crippen LogP) is 2.17. The Hall–Kier alpha value is -1.49. The second kappa shape index (κ2) is 5.25. The standard InChI is InChI=1S/C14H18F2N2O/c1-18(9-14(8-17)5-2-6-14)13(19)11-7-10(15)3-4-12(11)16/h3-4,7H,2,5-6,8-9,17H2,1H3.